The fraction of sp³-hybridized carbons (Fsp3) is 0.789. The standard InChI is InChI=1S/C19H33N5O.HI/c1-3-15-13-18(25-23-15)14-21-19(20-4-2)22-16-9-11-24(12-10-16)17-7-5-6-8-17;/h13,16-17H,3-12,14H2,1-2H3,(H2,20,21,22);1H. The van der Waals surface area contributed by atoms with E-state index in [2.05, 4.69) is 39.5 Å². The fourth-order valence-electron chi connectivity index (χ4n) is 3.95. The van der Waals surface area contributed by atoms with Gasteiger partial charge in [-0.05, 0) is 39.0 Å². The van der Waals surface area contributed by atoms with Crippen molar-refractivity contribution >= 4 is 29.9 Å². The second-order valence-electron chi connectivity index (χ2n) is 7.23. The van der Waals surface area contributed by atoms with Gasteiger partial charge in [-0.1, -0.05) is 24.9 Å². The highest BCUT2D eigenvalue weighted by Gasteiger charge is 2.27. The summed E-state index contributed by atoms with van der Waals surface area (Å²) in [7, 11) is 0. The molecule has 3 rings (SSSR count). The van der Waals surface area contributed by atoms with Gasteiger partial charge in [0.05, 0.1) is 5.69 Å². The van der Waals surface area contributed by atoms with Gasteiger partial charge < -0.3 is 20.1 Å². The Morgan fingerprint density at radius 2 is 1.96 bits per heavy atom. The molecule has 26 heavy (non-hydrogen) atoms. The van der Waals surface area contributed by atoms with Crippen LogP contribution in [0.15, 0.2) is 15.6 Å². The van der Waals surface area contributed by atoms with Gasteiger partial charge in [0.1, 0.15) is 6.54 Å². The number of nitrogens with zero attached hydrogens (tertiary/aromatic N) is 3. The smallest absolute Gasteiger partial charge is 0.191 e. The molecular formula is C19H34IN5O. The van der Waals surface area contributed by atoms with Gasteiger partial charge in [0.15, 0.2) is 11.7 Å². The van der Waals surface area contributed by atoms with Crippen LogP contribution in [0.1, 0.15) is 63.8 Å². The summed E-state index contributed by atoms with van der Waals surface area (Å²) in [6.45, 7) is 8.00. The summed E-state index contributed by atoms with van der Waals surface area (Å²) in [5.41, 5.74) is 0.988. The topological polar surface area (TPSA) is 65.7 Å². The summed E-state index contributed by atoms with van der Waals surface area (Å²) >= 11 is 0. The van der Waals surface area contributed by atoms with Crippen LogP contribution in [0, 0.1) is 0 Å². The zero-order valence-electron chi connectivity index (χ0n) is 16.2. The number of aromatic nitrogens is 1. The van der Waals surface area contributed by atoms with Gasteiger partial charge in [0, 0.05) is 37.8 Å². The number of nitrogens with one attached hydrogen (secondary N) is 2. The van der Waals surface area contributed by atoms with Crippen LogP contribution in [0.5, 0.6) is 0 Å². The van der Waals surface area contributed by atoms with Gasteiger partial charge in [-0.25, -0.2) is 4.99 Å². The molecule has 0 bridgehead atoms. The van der Waals surface area contributed by atoms with Crippen molar-refractivity contribution in [2.75, 3.05) is 19.6 Å². The lowest BCUT2D eigenvalue weighted by Gasteiger charge is -2.36. The second-order valence-corrected chi connectivity index (χ2v) is 7.23. The molecule has 2 heterocycles. The first-order valence-corrected chi connectivity index (χ1v) is 10.0. The lowest BCUT2D eigenvalue weighted by Crippen LogP contribution is -2.50. The molecule has 1 saturated carbocycles. The molecule has 6 nitrogen and oxygen atoms in total. The molecule has 2 aliphatic rings. The van der Waals surface area contributed by atoms with Gasteiger partial charge in [-0.2, -0.15) is 0 Å². The Kier molecular flexibility index (Phi) is 9.18. The van der Waals surface area contributed by atoms with Crippen molar-refractivity contribution < 1.29 is 4.52 Å². The van der Waals surface area contributed by atoms with E-state index in [0.717, 1.165) is 36.4 Å². The second kappa shape index (κ2) is 11.1. The van der Waals surface area contributed by atoms with Crippen LogP contribution in [0.4, 0.5) is 0 Å². The zero-order valence-corrected chi connectivity index (χ0v) is 18.5. The lowest BCUT2D eigenvalue weighted by molar-refractivity contribution is 0.150. The van der Waals surface area contributed by atoms with Crippen LogP contribution >= 0.6 is 24.0 Å². The highest BCUT2D eigenvalue weighted by molar-refractivity contribution is 14.0. The quantitative estimate of drug-likeness (QED) is 0.376. The van der Waals surface area contributed by atoms with Crippen LogP contribution in [0.3, 0.4) is 0 Å². The van der Waals surface area contributed by atoms with Crippen molar-refractivity contribution in [3.05, 3.63) is 17.5 Å². The van der Waals surface area contributed by atoms with E-state index in [1.807, 2.05) is 6.07 Å². The average Bonchev–Trinajstić information content (AvgIpc) is 3.32. The molecule has 0 spiro atoms. The van der Waals surface area contributed by atoms with Gasteiger partial charge in [0.2, 0.25) is 0 Å². The van der Waals surface area contributed by atoms with E-state index >= 15 is 0 Å². The molecule has 1 saturated heterocycles. The van der Waals surface area contributed by atoms with Crippen molar-refractivity contribution in [2.24, 2.45) is 4.99 Å². The minimum Gasteiger partial charge on any atom is -0.359 e. The number of guanidine groups is 1. The van der Waals surface area contributed by atoms with Crippen molar-refractivity contribution in [3.63, 3.8) is 0 Å². The highest BCUT2D eigenvalue weighted by atomic mass is 127. The normalized spacial score (nSPS) is 20.2. The lowest BCUT2D eigenvalue weighted by atomic mass is 10.0. The van der Waals surface area contributed by atoms with Gasteiger partial charge in [-0.15, -0.1) is 24.0 Å². The minimum absolute atomic E-state index is 0. The maximum atomic E-state index is 5.33. The van der Waals surface area contributed by atoms with Crippen LogP contribution in [-0.2, 0) is 13.0 Å². The highest BCUT2D eigenvalue weighted by Crippen LogP contribution is 2.26. The number of aryl methyl sites for hydroxylation is 1. The molecule has 148 valence electrons. The third-order valence-electron chi connectivity index (χ3n) is 5.42. The number of halogens is 1. The van der Waals surface area contributed by atoms with E-state index in [1.165, 1.54) is 51.6 Å². The molecule has 2 N–H and O–H groups in total. The van der Waals surface area contributed by atoms with E-state index in [0.29, 0.717) is 12.6 Å². The van der Waals surface area contributed by atoms with Crippen molar-refractivity contribution in [1.29, 1.82) is 0 Å². The maximum absolute atomic E-state index is 5.33. The Labute approximate surface area is 174 Å². The molecule has 0 amide bonds. The van der Waals surface area contributed by atoms with E-state index in [9.17, 15) is 0 Å². The predicted octanol–water partition coefficient (Wildman–Crippen LogP) is 3.32. The Morgan fingerprint density at radius 3 is 2.58 bits per heavy atom. The third kappa shape index (κ3) is 6.11. The van der Waals surface area contributed by atoms with Crippen LogP contribution in [0.25, 0.3) is 0 Å². The molecular weight excluding hydrogens is 441 g/mol. The first kappa shape index (κ1) is 21.5. The predicted molar refractivity (Wildman–Crippen MR) is 116 cm³/mol. The largest absolute Gasteiger partial charge is 0.359 e. The molecule has 0 radical (unpaired) electrons. The van der Waals surface area contributed by atoms with Crippen molar-refractivity contribution in [3.8, 4) is 0 Å². The molecule has 1 aromatic rings. The molecule has 1 aliphatic heterocycles. The summed E-state index contributed by atoms with van der Waals surface area (Å²) in [4.78, 5) is 7.37. The SMILES string of the molecule is CCNC(=NCc1cc(CC)no1)NC1CCN(C2CCCC2)CC1.I. The summed E-state index contributed by atoms with van der Waals surface area (Å²) in [5, 5.41) is 11.0. The Balaban J connectivity index is 0.00000243. The molecule has 0 unspecified atom stereocenters. The Hall–Kier alpha value is -0.830. The molecule has 0 aromatic carbocycles. The Bertz CT molecular complexity index is 548. The summed E-state index contributed by atoms with van der Waals surface area (Å²) in [6, 6.07) is 3.35. The number of hydrogen-bond donors (Lipinski definition) is 2. The van der Waals surface area contributed by atoms with Crippen LogP contribution < -0.4 is 10.6 Å². The number of likely N-dealkylation sites (tertiary alicyclic amines) is 1. The molecule has 0 atom stereocenters. The van der Waals surface area contributed by atoms with Gasteiger partial charge in [0.25, 0.3) is 0 Å². The monoisotopic (exact) mass is 475 g/mol. The number of piperidine rings is 1. The number of rotatable bonds is 6. The molecule has 1 aromatic heterocycles. The fourth-order valence-corrected chi connectivity index (χ4v) is 3.95. The summed E-state index contributed by atoms with van der Waals surface area (Å²) < 4.78 is 5.33. The van der Waals surface area contributed by atoms with E-state index in [4.69, 9.17) is 4.52 Å². The first-order valence-electron chi connectivity index (χ1n) is 10.0. The van der Waals surface area contributed by atoms with Gasteiger partial charge >= 0.3 is 0 Å². The maximum Gasteiger partial charge on any atom is 0.191 e. The third-order valence-corrected chi connectivity index (χ3v) is 5.42. The first-order chi connectivity index (χ1) is 12.3. The molecule has 2 fully saturated rings. The number of hydrogen-bond acceptors (Lipinski definition) is 4. The minimum atomic E-state index is 0. The number of aliphatic imine (C=N–C) groups is 1. The summed E-state index contributed by atoms with van der Waals surface area (Å²) in [5.74, 6) is 1.71. The van der Waals surface area contributed by atoms with Gasteiger partial charge in [-0.3, -0.25) is 0 Å². The summed E-state index contributed by atoms with van der Waals surface area (Å²) in [6.07, 6.45) is 8.93. The van der Waals surface area contributed by atoms with Crippen molar-refractivity contribution in [1.82, 2.24) is 20.7 Å². The molecule has 7 heteroatoms. The average molecular weight is 475 g/mol. The van der Waals surface area contributed by atoms with Crippen LogP contribution in [-0.4, -0.2) is 47.7 Å². The van der Waals surface area contributed by atoms with E-state index in [-0.39, 0.29) is 24.0 Å². The molecule has 1 aliphatic carbocycles. The van der Waals surface area contributed by atoms with E-state index in [1.54, 1.807) is 0 Å². The van der Waals surface area contributed by atoms with Crippen LogP contribution in [0.2, 0.25) is 0 Å². The van der Waals surface area contributed by atoms with Crippen molar-refractivity contribution in [2.45, 2.75) is 77.4 Å². The van der Waals surface area contributed by atoms with E-state index < -0.39 is 0 Å². The zero-order chi connectivity index (χ0) is 17.5. The Morgan fingerprint density at radius 1 is 1.23 bits per heavy atom.